The highest BCUT2D eigenvalue weighted by molar-refractivity contribution is 5.98. The van der Waals surface area contributed by atoms with E-state index in [9.17, 15) is 26.3 Å². The first kappa shape index (κ1) is 35.8. The Kier molecular flexibility index (Phi) is 9.50. The Morgan fingerprint density at radius 2 is 1.50 bits per heavy atom. The van der Waals surface area contributed by atoms with Gasteiger partial charge in [-0.2, -0.15) is 31.4 Å². The molecular weight excluding hydrogens is 654 g/mol. The molecule has 0 atom stereocenters. The van der Waals surface area contributed by atoms with E-state index in [2.05, 4.69) is 36.6 Å². The molecule has 268 valence electrons. The number of halogens is 6. The van der Waals surface area contributed by atoms with Gasteiger partial charge in [-0.25, -0.2) is 14.7 Å². The molecule has 2 aromatic heterocycles. The molecule has 0 amide bonds. The first-order valence-corrected chi connectivity index (χ1v) is 17.3. The Bertz CT molecular complexity index is 1800. The van der Waals surface area contributed by atoms with Gasteiger partial charge in [0.15, 0.2) is 11.5 Å². The molecule has 0 aliphatic heterocycles. The molecule has 3 aromatic rings. The molecule has 3 aliphatic rings. The number of pyridine rings is 1. The molecule has 3 saturated carbocycles. The first-order valence-electron chi connectivity index (χ1n) is 17.3. The van der Waals surface area contributed by atoms with Gasteiger partial charge in [0.25, 0.3) is 0 Å². The van der Waals surface area contributed by atoms with Crippen molar-refractivity contribution < 1.29 is 26.3 Å². The van der Waals surface area contributed by atoms with Gasteiger partial charge >= 0.3 is 12.4 Å². The monoisotopic (exact) mass is 698 g/mol. The molecule has 3 fully saturated rings. The van der Waals surface area contributed by atoms with E-state index in [1.54, 1.807) is 11.1 Å². The van der Waals surface area contributed by atoms with Crippen LogP contribution in [0.25, 0.3) is 11.0 Å². The summed E-state index contributed by atoms with van der Waals surface area (Å²) in [6.45, 7) is 11.4. The molecule has 12 heteroatoms. The number of alkyl halides is 6. The number of fused-ring (bicyclic) bond motifs is 1. The lowest BCUT2D eigenvalue weighted by Gasteiger charge is -2.30. The predicted molar refractivity (Wildman–Crippen MR) is 183 cm³/mol. The van der Waals surface area contributed by atoms with Crippen LogP contribution in [0, 0.1) is 37.0 Å². The molecule has 0 unspecified atom stereocenters. The van der Waals surface area contributed by atoms with Crippen LogP contribution in [0.4, 0.5) is 32.2 Å². The van der Waals surface area contributed by atoms with Gasteiger partial charge in [0.05, 0.1) is 22.4 Å². The number of benzene rings is 1. The summed E-state index contributed by atoms with van der Waals surface area (Å²) in [6, 6.07) is 3.67. The SMILES string of the molecule is C#CC(=NC=C(C)C1CC1)N(Cc1cc(C(F)(F)F)cc(C(F)(F)F)c1)Cc1cc2c(C)nn(C(C)(C)C)c2nc1N(CC1CC1)CC1CC1. The van der Waals surface area contributed by atoms with Crippen molar-refractivity contribution >= 4 is 22.7 Å². The third kappa shape index (κ3) is 8.47. The summed E-state index contributed by atoms with van der Waals surface area (Å²) in [7, 11) is 0. The summed E-state index contributed by atoms with van der Waals surface area (Å²) < 4.78 is 85.3. The Labute approximate surface area is 289 Å². The second kappa shape index (κ2) is 13.3. The highest BCUT2D eigenvalue weighted by Crippen LogP contribution is 2.40. The van der Waals surface area contributed by atoms with Gasteiger partial charge in [-0.1, -0.05) is 5.57 Å². The van der Waals surface area contributed by atoms with E-state index in [0.717, 1.165) is 97.4 Å². The standard InChI is InChI=1S/C38H44F6N6/c1-7-33(45-18-23(2)28-12-13-28)48(21-27-14-30(37(39,40)41)17-31(15-27)38(42,43)44)22-29-16-32-24(3)47-50(36(4,5)6)35(32)46-34(29)49(19-25-8-9-25)20-26-10-11-26/h1,14-18,25-26,28H,8-13,19-22H2,2-6H3. The van der Waals surface area contributed by atoms with E-state index >= 15 is 0 Å². The topological polar surface area (TPSA) is 49.6 Å². The van der Waals surface area contributed by atoms with Crippen molar-refractivity contribution in [2.45, 2.75) is 104 Å². The minimum absolute atomic E-state index is 0.0567. The van der Waals surface area contributed by atoms with E-state index in [-0.39, 0.29) is 36.1 Å². The van der Waals surface area contributed by atoms with Crippen molar-refractivity contribution in [1.82, 2.24) is 19.7 Å². The van der Waals surface area contributed by atoms with Crippen LogP contribution in [0.3, 0.4) is 0 Å². The van der Waals surface area contributed by atoms with E-state index in [1.807, 2.05) is 24.6 Å². The fraction of sp³-hybridized carbons (Fsp3) is 0.553. The molecule has 0 spiro atoms. The van der Waals surface area contributed by atoms with Crippen LogP contribution >= 0.6 is 0 Å². The number of amidine groups is 1. The van der Waals surface area contributed by atoms with Gasteiger partial charge < -0.3 is 9.80 Å². The Morgan fingerprint density at radius 3 is 1.98 bits per heavy atom. The number of terminal acetylenes is 1. The number of rotatable bonds is 11. The molecule has 6 nitrogen and oxygen atoms in total. The fourth-order valence-electron chi connectivity index (χ4n) is 6.30. The first-order chi connectivity index (χ1) is 23.4. The maximum atomic E-state index is 13.9. The lowest BCUT2D eigenvalue weighted by Crippen LogP contribution is -2.33. The Morgan fingerprint density at radius 1 is 0.920 bits per heavy atom. The predicted octanol–water partition coefficient (Wildman–Crippen LogP) is 9.51. The third-order valence-corrected chi connectivity index (χ3v) is 9.61. The Balaban J connectivity index is 1.50. The molecule has 50 heavy (non-hydrogen) atoms. The second-order valence-corrected chi connectivity index (χ2v) is 15.3. The molecule has 6 rings (SSSR count). The van der Waals surface area contributed by atoms with E-state index in [1.165, 1.54) is 0 Å². The third-order valence-electron chi connectivity index (χ3n) is 9.61. The average molecular weight is 699 g/mol. The lowest BCUT2D eigenvalue weighted by molar-refractivity contribution is -0.143. The van der Waals surface area contributed by atoms with Crippen LogP contribution < -0.4 is 4.90 Å². The largest absolute Gasteiger partial charge is 0.416 e. The minimum Gasteiger partial charge on any atom is -0.356 e. The average Bonchev–Trinajstić information content (AvgIpc) is 3.87. The number of aliphatic imine (C=N–C) groups is 1. The van der Waals surface area contributed by atoms with Gasteiger partial charge in [0, 0.05) is 43.3 Å². The maximum Gasteiger partial charge on any atom is 0.416 e. The van der Waals surface area contributed by atoms with Gasteiger partial charge in [-0.3, -0.25) is 0 Å². The molecular formula is C38H44F6N6. The summed E-state index contributed by atoms with van der Waals surface area (Å²) in [5.41, 5.74) is -0.0400. The van der Waals surface area contributed by atoms with Crippen molar-refractivity contribution in [2.75, 3.05) is 18.0 Å². The number of aromatic nitrogens is 3. The van der Waals surface area contributed by atoms with E-state index in [4.69, 9.17) is 16.5 Å². The van der Waals surface area contributed by atoms with Crippen LogP contribution in [0.5, 0.6) is 0 Å². The highest BCUT2D eigenvalue weighted by Gasteiger charge is 2.38. The van der Waals surface area contributed by atoms with Crippen LogP contribution in [0.2, 0.25) is 0 Å². The molecule has 0 N–H and O–H groups in total. The van der Waals surface area contributed by atoms with Crippen LogP contribution in [0.1, 0.15) is 94.2 Å². The van der Waals surface area contributed by atoms with Crippen molar-refractivity contribution in [3.63, 3.8) is 0 Å². The maximum absolute atomic E-state index is 13.9. The molecule has 2 heterocycles. The molecule has 0 radical (unpaired) electrons. The number of hydrogen-bond donors (Lipinski definition) is 0. The fourth-order valence-corrected chi connectivity index (χ4v) is 6.30. The number of hydrogen-bond acceptors (Lipinski definition) is 4. The quantitative estimate of drug-likeness (QED) is 0.0867. The summed E-state index contributed by atoms with van der Waals surface area (Å²) in [5.74, 6) is 4.89. The summed E-state index contributed by atoms with van der Waals surface area (Å²) in [6.07, 6.45) is 4.30. The van der Waals surface area contributed by atoms with Crippen molar-refractivity contribution in [2.24, 2.45) is 22.7 Å². The highest BCUT2D eigenvalue weighted by atomic mass is 19.4. The van der Waals surface area contributed by atoms with Gasteiger partial charge in [-0.05, 0) is 127 Å². The molecule has 0 bridgehead atoms. The lowest BCUT2D eigenvalue weighted by atomic mass is 10.0. The van der Waals surface area contributed by atoms with Crippen molar-refractivity contribution in [1.29, 1.82) is 0 Å². The van der Waals surface area contributed by atoms with Crippen LogP contribution in [0.15, 0.2) is 41.0 Å². The summed E-state index contributed by atoms with van der Waals surface area (Å²) in [4.78, 5) is 13.8. The molecule has 1 aromatic carbocycles. The summed E-state index contributed by atoms with van der Waals surface area (Å²) >= 11 is 0. The van der Waals surface area contributed by atoms with Crippen molar-refractivity contribution in [3.05, 3.63) is 64.0 Å². The van der Waals surface area contributed by atoms with Gasteiger partial charge in [0.2, 0.25) is 0 Å². The smallest absolute Gasteiger partial charge is 0.356 e. The number of anilines is 1. The Hall–Kier alpha value is -4.01. The number of allylic oxidation sites excluding steroid dienone is 1. The second-order valence-electron chi connectivity index (χ2n) is 15.3. The van der Waals surface area contributed by atoms with E-state index in [0.29, 0.717) is 17.8 Å². The zero-order valence-corrected chi connectivity index (χ0v) is 29.2. The zero-order chi connectivity index (χ0) is 36.2. The minimum atomic E-state index is -4.98. The number of nitrogens with zero attached hydrogens (tertiary/aromatic N) is 6. The molecule has 0 saturated heterocycles. The van der Waals surface area contributed by atoms with E-state index < -0.39 is 23.5 Å². The normalized spacial score (nSPS) is 17.7. The van der Waals surface area contributed by atoms with Crippen LogP contribution in [-0.4, -0.2) is 38.6 Å². The number of aryl methyl sites for hydroxylation is 1. The molecule has 3 aliphatic carbocycles. The van der Waals surface area contributed by atoms with Crippen molar-refractivity contribution in [3.8, 4) is 12.3 Å². The van der Waals surface area contributed by atoms with Gasteiger partial charge in [0.1, 0.15) is 5.82 Å². The zero-order valence-electron chi connectivity index (χ0n) is 29.2. The van der Waals surface area contributed by atoms with Gasteiger partial charge in [-0.15, -0.1) is 6.42 Å². The van der Waals surface area contributed by atoms with Crippen LogP contribution in [-0.2, 0) is 31.0 Å². The summed E-state index contributed by atoms with van der Waals surface area (Å²) in [5, 5.41) is 5.65.